The number of hydrogen-bond donors (Lipinski definition) is 2. The molecule has 0 radical (unpaired) electrons. The van der Waals surface area contributed by atoms with Crippen LogP contribution < -0.4 is 5.32 Å². The summed E-state index contributed by atoms with van der Waals surface area (Å²) in [5.74, 6) is -1.73. The predicted molar refractivity (Wildman–Crippen MR) is 62.9 cm³/mol. The van der Waals surface area contributed by atoms with Gasteiger partial charge in [0.2, 0.25) is 0 Å². The highest BCUT2D eigenvalue weighted by molar-refractivity contribution is 5.46. The first-order chi connectivity index (χ1) is 8.18. The Balaban J connectivity index is 2.10. The number of nitrogens with one attached hydrogen (secondary N) is 1. The summed E-state index contributed by atoms with van der Waals surface area (Å²) in [5, 5.41) is 12.8. The standard InChI is InChI=1S/C13H17F2NO/c14-9-5-4-7-11(13(9)15)16-10-6-2-1-3-8-12(10)17/h4-5,7,10,12,16-17H,1-3,6,8H2. The Morgan fingerprint density at radius 2 is 1.88 bits per heavy atom. The first-order valence-corrected chi connectivity index (χ1v) is 6.07. The molecule has 0 bridgehead atoms. The van der Waals surface area contributed by atoms with Crippen LogP contribution in [0.3, 0.4) is 0 Å². The lowest BCUT2D eigenvalue weighted by atomic mass is 10.1. The largest absolute Gasteiger partial charge is 0.391 e. The van der Waals surface area contributed by atoms with E-state index in [-0.39, 0.29) is 11.7 Å². The maximum absolute atomic E-state index is 13.5. The average Bonchev–Trinajstić information content (AvgIpc) is 2.51. The Labute approximate surface area is 99.7 Å². The third-order valence-corrected chi connectivity index (χ3v) is 3.27. The minimum absolute atomic E-state index is 0.135. The van der Waals surface area contributed by atoms with Gasteiger partial charge >= 0.3 is 0 Å². The Hall–Kier alpha value is -1.16. The SMILES string of the molecule is OC1CCCCCC1Nc1cccc(F)c1F. The van der Waals surface area contributed by atoms with Gasteiger partial charge in [0.15, 0.2) is 11.6 Å². The molecule has 0 heterocycles. The van der Waals surface area contributed by atoms with Crippen molar-refractivity contribution in [3.05, 3.63) is 29.8 Å². The van der Waals surface area contributed by atoms with E-state index in [4.69, 9.17) is 0 Å². The molecule has 1 fully saturated rings. The van der Waals surface area contributed by atoms with Crippen LogP contribution in [0.5, 0.6) is 0 Å². The Kier molecular flexibility index (Phi) is 3.94. The number of hydrogen-bond acceptors (Lipinski definition) is 2. The van der Waals surface area contributed by atoms with Gasteiger partial charge in [-0.3, -0.25) is 0 Å². The van der Waals surface area contributed by atoms with Crippen LogP contribution in [-0.4, -0.2) is 17.3 Å². The quantitative estimate of drug-likeness (QED) is 0.780. The Morgan fingerprint density at radius 1 is 1.12 bits per heavy atom. The molecule has 2 N–H and O–H groups in total. The van der Waals surface area contributed by atoms with Gasteiger partial charge in [-0.1, -0.05) is 25.3 Å². The van der Waals surface area contributed by atoms with E-state index in [1.807, 2.05) is 0 Å². The molecule has 2 rings (SSSR count). The summed E-state index contributed by atoms with van der Waals surface area (Å²) in [6, 6.07) is 3.86. The number of anilines is 1. The molecule has 0 amide bonds. The van der Waals surface area contributed by atoms with E-state index in [1.165, 1.54) is 12.1 Å². The van der Waals surface area contributed by atoms with Crippen LogP contribution in [0, 0.1) is 11.6 Å². The second kappa shape index (κ2) is 5.45. The molecule has 2 nitrogen and oxygen atoms in total. The van der Waals surface area contributed by atoms with Crippen molar-refractivity contribution in [1.29, 1.82) is 0 Å². The van der Waals surface area contributed by atoms with Crippen LogP contribution in [0.15, 0.2) is 18.2 Å². The van der Waals surface area contributed by atoms with Crippen molar-refractivity contribution in [1.82, 2.24) is 0 Å². The highest BCUT2D eigenvalue weighted by Gasteiger charge is 2.22. The third kappa shape index (κ3) is 2.94. The molecule has 1 saturated carbocycles. The molecular weight excluding hydrogens is 224 g/mol. The minimum atomic E-state index is -0.871. The molecular formula is C13H17F2NO. The van der Waals surface area contributed by atoms with Gasteiger partial charge in [-0.25, -0.2) is 8.78 Å². The van der Waals surface area contributed by atoms with Crippen molar-refractivity contribution >= 4 is 5.69 Å². The average molecular weight is 241 g/mol. The van der Waals surface area contributed by atoms with Crippen molar-refractivity contribution in [3.8, 4) is 0 Å². The number of rotatable bonds is 2. The molecule has 1 aromatic carbocycles. The first kappa shape index (κ1) is 12.3. The van der Waals surface area contributed by atoms with Crippen molar-refractivity contribution in [2.24, 2.45) is 0 Å². The molecule has 2 unspecified atom stereocenters. The van der Waals surface area contributed by atoms with Gasteiger partial charge in [0.05, 0.1) is 17.8 Å². The van der Waals surface area contributed by atoms with Gasteiger partial charge in [0.25, 0.3) is 0 Å². The summed E-state index contributed by atoms with van der Waals surface area (Å²) in [6.45, 7) is 0. The third-order valence-electron chi connectivity index (χ3n) is 3.27. The monoisotopic (exact) mass is 241 g/mol. The second-order valence-electron chi connectivity index (χ2n) is 4.56. The predicted octanol–water partition coefficient (Wildman–Crippen LogP) is 3.07. The molecule has 17 heavy (non-hydrogen) atoms. The molecule has 0 spiro atoms. The van der Waals surface area contributed by atoms with Gasteiger partial charge in [-0.15, -0.1) is 0 Å². The van der Waals surface area contributed by atoms with Crippen LogP contribution in [0.25, 0.3) is 0 Å². The van der Waals surface area contributed by atoms with Gasteiger partial charge in [-0.05, 0) is 25.0 Å². The van der Waals surface area contributed by atoms with E-state index in [1.54, 1.807) is 0 Å². The van der Waals surface area contributed by atoms with Crippen LogP contribution in [0.2, 0.25) is 0 Å². The molecule has 0 aliphatic heterocycles. The fraction of sp³-hybridized carbons (Fsp3) is 0.538. The van der Waals surface area contributed by atoms with Gasteiger partial charge in [-0.2, -0.15) is 0 Å². The van der Waals surface area contributed by atoms with Crippen molar-refractivity contribution < 1.29 is 13.9 Å². The molecule has 1 aliphatic rings. The zero-order valence-electron chi connectivity index (χ0n) is 9.63. The van der Waals surface area contributed by atoms with E-state index in [2.05, 4.69) is 5.32 Å². The lowest BCUT2D eigenvalue weighted by Crippen LogP contribution is -2.32. The lowest BCUT2D eigenvalue weighted by Gasteiger charge is -2.23. The maximum atomic E-state index is 13.5. The van der Waals surface area contributed by atoms with Gasteiger partial charge in [0, 0.05) is 0 Å². The lowest BCUT2D eigenvalue weighted by molar-refractivity contribution is 0.144. The van der Waals surface area contributed by atoms with Crippen molar-refractivity contribution in [2.75, 3.05) is 5.32 Å². The molecule has 0 saturated heterocycles. The van der Waals surface area contributed by atoms with Gasteiger partial charge < -0.3 is 10.4 Å². The number of aliphatic hydroxyl groups is 1. The zero-order chi connectivity index (χ0) is 12.3. The van der Waals surface area contributed by atoms with E-state index in [9.17, 15) is 13.9 Å². The summed E-state index contributed by atoms with van der Waals surface area (Å²) < 4.78 is 26.5. The fourth-order valence-corrected chi connectivity index (χ4v) is 2.27. The van der Waals surface area contributed by atoms with Gasteiger partial charge in [0.1, 0.15) is 0 Å². The Morgan fingerprint density at radius 3 is 2.71 bits per heavy atom. The second-order valence-corrected chi connectivity index (χ2v) is 4.56. The molecule has 1 aliphatic carbocycles. The number of halogens is 2. The highest BCUT2D eigenvalue weighted by atomic mass is 19.2. The summed E-state index contributed by atoms with van der Waals surface area (Å²) in [6.07, 6.45) is 4.10. The van der Waals surface area contributed by atoms with Crippen LogP contribution >= 0.6 is 0 Å². The van der Waals surface area contributed by atoms with Crippen LogP contribution in [0.1, 0.15) is 32.1 Å². The summed E-state index contributed by atoms with van der Waals surface area (Å²) in [5.41, 5.74) is 0.135. The van der Waals surface area contributed by atoms with E-state index >= 15 is 0 Å². The Bertz CT molecular complexity index is 384. The van der Waals surface area contributed by atoms with Crippen LogP contribution in [0.4, 0.5) is 14.5 Å². The van der Waals surface area contributed by atoms with E-state index in [0.29, 0.717) is 6.42 Å². The minimum Gasteiger partial charge on any atom is -0.391 e. The molecule has 2 atom stereocenters. The molecule has 0 aromatic heterocycles. The molecule has 94 valence electrons. The molecule has 1 aromatic rings. The highest BCUT2D eigenvalue weighted by Crippen LogP contribution is 2.24. The number of benzene rings is 1. The smallest absolute Gasteiger partial charge is 0.181 e. The normalized spacial score (nSPS) is 25.4. The fourth-order valence-electron chi connectivity index (χ4n) is 2.27. The van der Waals surface area contributed by atoms with E-state index < -0.39 is 17.7 Å². The summed E-state index contributed by atoms with van der Waals surface area (Å²) >= 11 is 0. The summed E-state index contributed by atoms with van der Waals surface area (Å²) in [7, 11) is 0. The van der Waals surface area contributed by atoms with Crippen LogP contribution in [-0.2, 0) is 0 Å². The zero-order valence-corrected chi connectivity index (χ0v) is 9.63. The van der Waals surface area contributed by atoms with Crippen molar-refractivity contribution in [3.63, 3.8) is 0 Å². The number of aliphatic hydroxyl groups excluding tert-OH is 1. The first-order valence-electron chi connectivity index (χ1n) is 6.07. The van der Waals surface area contributed by atoms with Crippen molar-refractivity contribution in [2.45, 2.75) is 44.2 Å². The van der Waals surface area contributed by atoms with E-state index in [0.717, 1.165) is 31.7 Å². The summed E-state index contributed by atoms with van der Waals surface area (Å²) in [4.78, 5) is 0. The molecule has 4 heteroatoms. The maximum Gasteiger partial charge on any atom is 0.181 e. The topological polar surface area (TPSA) is 32.3 Å².